The highest BCUT2D eigenvalue weighted by molar-refractivity contribution is 6.13. The highest BCUT2D eigenvalue weighted by Crippen LogP contribution is 2.39. The van der Waals surface area contributed by atoms with E-state index in [0.717, 1.165) is 55.1 Å². The second-order valence-corrected chi connectivity index (χ2v) is 12.4. The van der Waals surface area contributed by atoms with E-state index in [1.165, 1.54) is 26.9 Å². The van der Waals surface area contributed by atoms with E-state index in [1.54, 1.807) is 0 Å². The molecule has 8 aromatic carbocycles. The Kier molecular flexibility index (Phi) is 6.15. The van der Waals surface area contributed by atoms with Crippen molar-refractivity contribution in [1.29, 1.82) is 0 Å². The van der Waals surface area contributed by atoms with Gasteiger partial charge in [0.15, 0.2) is 17.5 Å². The first-order valence-corrected chi connectivity index (χ1v) is 16.4. The third-order valence-electron chi connectivity index (χ3n) is 9.49. The Morgan fingerprint density at radius 1 is 0.327 bits per heavy atom. The summed E-state index contributed by atoms with van der Waals surface area (Å²) in [6.45, 7) is 0. The van der Waals surface area contributed by atoms with Gasteiger partial charge in [0.25, 0.3) is 0 Å². The number of hydrogen-bond donors (Lipinski definition) is 0. The molecule has 10 aromatic rings. The fraction of sp³-hybridized carbons (Fsp3) is 0. The van der Waals surface area contributed by atoms with Gasteiger partial charge in [-0.1, -0.05) is 133 Å². The Bertz CT molecular complexity index is 2890. The van der Waals surface area contributed by atoms with Gasteiger partial charge in [0.2, 0.25) is 0 Å². The van der Waals surface area contributed by atoms with Crippen LogP contribution in [0.5, 0.6) is 0 Å². The molecule has 0 aliphatic heterocycles. The molecule has 2 aromatic heterocycles. The maximum atomic E-state index is 6.51. The van der Waals surface area contributed by atoms with Gasteiger partial charge in [0, 0.05) is 27.5 Å². The first-order chi connectivity index (χ1) is 24.2. The first-order valence-electron chi connectivity index (χ1n) is 16.4. The molecule has 0 aliphatic rings. The summed E-state index contributed by atoms with van der Waals surface area (Å²) in [5, 5.41) is 9.26. The van der Waals surface area contributed by atoms with Gasteiger partial charge in [-0.2, -0.15) is 0 Å². The van der Waals surface area contributed by atoms with E-state index < -0.39 is 0 Å². The number of furan rings is 1. The van der Waals surface area contributed by atoms with Crippen LogP contribution in [0.1, 0.15) is 0 Å². The Balaban J connectivity index is 1.14. The molecule has 0 radical (unpaired) electrons. The minimum absolute atomic E-state index is 0.606. The lowest BCUT2D eigenvalue weighted by Gasteiger charge is -2.10. The Morgan fingerprint density at radius 2 is 0.939 bits per heavy atom. The molecule has 0 spiro atoms. The van der Waals surface area contributed by atoms with E-state index in [9.17, 15) is 0 Å². The molecule has 0 saturated carbocycles. The summed E-state index contributed by atoms with van der Waals surface area (Å²) in [5.74, 6) is 1.86. The predicted molar refractivity (Wildman–Crippen MR) is 201 cm³/mol. The Labute approximate surface area is 282 Å². The van der Waals surface area contributed by atoms with E-state index in [-0.39, 0.29) is 0 Å². The van der Waals surface area contributed by atoms with E-state index >= 15 is 0 Å². The smallest absolute Gasteiger partial charge is 0.164 e. The van der Waals surface area contributed by atoms with Crippen LogP contribution in [0.15, 0.2) is 168 Å². The molecule has 0 aliphatic carbocycles. The predicted octanol–water partition coefficient (Wildman–Crippen LogP) is 11.9. The molecule has 0 saturated heterocycles. The lowest BCUT2D eigenvalue weighted by Crippen LogP contribution is -2.00. The van der Waals surface area contributed by atoms with Gasteiger partial charge < -0.3 is 4.42 Å². The van der Waals surface area contributed by atoms with Crippen molar-refractivity contribution in [3.05, 3.63) is 164 Å². The molecular weight excluding hydrogens is 599 g/mol. The van der Waals surface area contributed by atoms with Gasteiger partial charge in [-0.3, -0.25) is 0 Å². The van der Waals surface area contributed by atoms with Crippen molar-refractivity contribution in [3.8, 4) is 45.3 Å². The van der Waals surface area contributed by atoms with Crippen molar-refractivity contribution < 1.29 is 4.42 Å². The summed E-state index contributed by atoms with van der Waals surface area (Å²) in [7, 11) is 0. The lowest BCUT2D eigenvalue weighted by atomic mass is 9.99. The van der Waals surface area contributed by atoms with Crippen LogP contribution in [0, 0.1) is 0 Å². The summed E-state index contributed by atoms with van der Waals surface area (Å²) < 4.78 is 6.51. The largest absolute Gasteiger partial charge is 0.456 e. The van der Waals surface area contributed by atoms with Gasteiger partial charge in [0.1, 0.15) is 11.2 Å². The summed E-state index contributed by atoms with van der Waals surface area (Å²) in [4.78, 5) is 15.2. The SMILES string of the molecule is c1ccc(-c2nc(-c3ccc4c(ccc5ccccc54)c3)nc(-c3cccc4oc5cc(-c6ccc7ccccc7c6)ccc5c34)n2)cc1. The van der Waals surface area contributed by atoms with Crippen molar-refractivity contribution in [3.63, 3.8) is 0 Å². The number of aromatic nitrogens is 3. The van der Waals surface area contributed by atoms with Gasteiger partial charge in [-0.25, -0.2) is 15.0 Å². The van der Waals surface area contributed by atoms with Crippen molar-refractivity contribution >= 4 is 54.3 Å². The zero-order chi connectivity index (χ0) is 32.3. The minimum Gasteiger partial charge on any atom is -0.456 e. The molecule has 2 heterocycles. The molecule has 49 heavy (non-hydrogen) atoms. The summed E-state index contributed by atoms with van der Waals surface area (Å²) in [6, 6.07) is 57.0. The maximum Gasteiger partial charge on any atom is 0.164 e. The Hall–Kier alpha value is -6.65. The molecule has 228 valence electrons. The van der Waals surface area contributed by atoms with E-state index in [1.807, 2.05) is 42.5 Å². The number of fused-ring (bicyclic) bond motifs is 7. The number of benzene rings is 8. The molecule has 0 fully saturated rings. The fourth-order valence-electron chi connectivity index (χ4n) is 7.05. The molecule has 0 amide bonds. The monoisotopic (exact) mass is 625 g/mol. The van der Waals surface area contributed by atoms with Crippen LogP contribution in [-0.2, 0) is 0 Å². The van der Waals surface area contributed by atoms with Gasteiger partial charge in [-0.05, 0) is 73.8 Å². The number of hydrogen-bond acceptors (Lipinski definition) is 4. The zero-order valence-corrected chi connectivity index (χ0v) is 26.3. The summed E-state index contributed by atoms with van der Waals surface area (Å²) in [6.07, 6.45) is 0. The summed E-state index contributed by atoms with van der Waals surface area (Å²) >= 11 is 0. The van der Waals surface area contributed by atoms with Crippen molar-refractivity contribution in [1.82, 2.24) is 15.0 Å². The van der Waals surface area contributed by atoms with Gasteiger partial charge >= 0.3 is 0 Å². The molecule has 4 nitrogen and oxygen atoms in total. The molecule has 4 heteroatoms. The van der Waals surface area contributed by atoms with Crippen molar-refractivity contribution in [2.24, 2.45) is 0 Å². The highest BCUT2D eigenvalue weighted by Gasteiger charge is 2.18. The average Bonchev–Trinajstić information content (AvgIpc) is 3.56. The van der Waals surface area contributed by atoms with Crippen LogP contribution in [-0.4, -0.2) is 15.0 Å². The number of rotatable bonds is 4. The third-order valence-corrected chi connectivity index (χ3v) is 9.49. The third kappa shape index (κ3) is 4.65. The van der Waals surface area contributed by atoms with E-state index in [4.69, 9.17) is 19.4 Å². The van der Waals surface area contributed by atoms with Crippen LogP contribution in [0.4, 0.5) is 0 Å². The van der Waals surface area contributed by atoms with Crippen LogP contribution in [0.3, 0.4) is 0 Å². The van der Waals surface area contributed by atoms with Crippen LogP contribution < -0.4 is 0 Å². The standard InChI is InChI=1S/C45H27N3O/c1-2-11-30(12-3-1)43-46-44(35-22-23-37-34(26-35)20-18-29-10-6-7-14-36(29)37)48-45(47-43)39-15-8-16-40-42(39)38-24-21-33(27-41(38)49-40)32-19-17-28-9-4-5-13-31(28)25-32/h1-27H. The Morgan fingerprint density at radius 3 is 1.84 bits per heavy atom. The molecular formula is C45H27N3O. The van der Waals surface area contributed by atoms with Crippen LogP contribution in [0.25, 0.3) is 99.5 Å². The molecule has 0 N–H and O–H groups in total. The summed E-state index contributed by atoms with van der Waals surface area (Å²) in [5.41, 5.74) is 6.66. The highest BCUT2D eigenvalue weighted by atomic mass is 16.3. The van der Waals surface area contributed by atoms with Crippen LogP contribution in [0.2, 0.25) is 0 Å². The second-order valence-electron chi connectivity index (χ2n) is 12.4. The maximum absolute atomic E-state index is 6.51. The molecule has 0 unspecified atom stereocenters. The van der Waals surface area contributed by atoms with E-state index in [0.29, 0.717) is 17.5 Å². The molecule has 10 rings (SSSR count). The normalized spacial score (nSPS) is 11.7. The second kappa shape index (κ2) is 11.0. The van der Waals surface area contributed by atoms with Crippen molar-refractivity contribution in [2.45, 2.75) is 0 Å². The van der Waals surface area contributed by atoms with Gasteiger partial charge in [0.05, 0.1) is 0 Å². The topological polar surface area (TPSA) is 51.8 Å². The van der Waals surface area contributed by atoms with Gasteiger partial charge in [-0.15, -0.1) is 0 Å². The number of nitrogens with zero attached hydrogens (tertiary/aromatic N) is 3. The molecule has 0 bridgehead atoms. The fourth-order valence-corrected chi connectivity index (χ4v) is 7.05. The molecule has 0 atom stereocenters. The lowest BCUT2D eigenvalue weighted by molar-refractivity contribution is 0.669. The first kappa shape index (κ1) is 27.5. The van der Waals surface area contributed by atoms with Crippen LogP contribution >= 0.6 is 0 Å². The zero-order valence-electron chi connectivity index (χ0n) is 26.3. The minimum atomic E-state index is 0.606. The van der Waals surface area contributed by atoms with E-state index in [2.05, 4.69) is 121 Å². The quantitative estimate of drug-likeness (QED) is 0.183. The van der Waals surface area contributed by atoms with Crippen molar-refractivity contribution in [2.75, 3.05) is 0 Å². The average molecular weight is 626 g/mol.